The zero-order chi connectivity index (χ0) is 10.8. The highest BCUT2D eigenvalue weighted by molar-refractivity contribution is 4.96. The van der Waals surface area contributed by atoms with Crippen molar-refractivity contribution in [3.05, 3.63) is 0 Å². The van der Waals surface area contributed by atoms with E-state index in [0.717, 1.165) is 18.5 Å². The molecule has 3 nitrogen and oxygen atoms in total. The minimum Gasteiger partial charge on any atom is -0.396 e. The lowest BCUT2D eigenvalue weighted by atomic mass is 9.97. The van der Waals surface area contributed by atoms with Crippen LogP contribution in [0, 0.1) is 0 Å². The second-order valence-electron chi connectivity index (χ2n) is 5.30. The van der Waals surface area contributed by atoms with Crippen molar-refractivity contribution >= 4 is 0 Å². The molecule has 0 spiro atoms. The van der Waals surface area contributed by atoms with Gasteiger partial charge in [0, 0.05) is 30.8 Å². The average molecular weight is 212 g/mol. The van der Waals surface area contributed by atoms with E-state index >= 15 is 0 Å². The number of piperidine rings is 1. The molecular weight excluding hydrogens is 188 g/mol. The Morgan fingerprint density at radius 1 is 1.33 bits per heavy atom. The summed E-state index contributed by atoms with van der Waals surface area (Å²) in [6.07, 6.45) is 6.23. The number of nitrogens with zero attached hydrogens (tertiary/aromatic N) is 1. The molecule has 3 heteroatoms. The maximum absolute atomic E-state index is 8.88. The second-order valence-corrected chi connectivity index (χ2v) is 5.30. The molecule has 0 aromatic rings. The van der Waals surface area contributed by atoms with Crippen LogP contribution in [0.25, 0.3) is 0 Å². The van der Waals surface area contributed by atoms with Gasteiger partial charge in [0.15, 0.2) is 0 Å². The first-order chi connectivity index (χ1) is 7.20. The summed E-state index contributed by atoms with van der Waals surface area (Å²) in [5, 5.41) is 12.5. The Balaban J connectivity index is 1.81. The number of hydrogen-bond acceptors (Lipinski definition) is 3. The molecule has 2 heterocycles. The van der Waals surface area contributed by atoms with Gasteiger partial charge in [0.2, 0.25) is 0 Å². The van der Waals surface area contributed by atoms with Crippen LogP contribution in [0.3, 0.4) is 0 Å². The zero-order valence-corrected chi connectivity index (χ0v) is 9.95. The molecule has 2 bridgehead atoms. The summed E-state index contributed by atoms with van der Waals surface area (Å²) in [4.78, 5) is 2.56. The van der Waals surface area contributed by atoms with Crippen LogP contribution in [0.1, 0.15) is 39.0 Å². The average Bonchev–Trinajstić information content (AvgIpc) is 2.43. The lowest BCUT2D eigenvalue weighted by molar-refractivity contribution is 0.141. The minimum atomic E-state index is 0.299. The van der Waals surface area contributed by atoms with Crippen LogP contribution in [0.5, 0.6) is 0 Å². The summed E-state index contributed by atoms with van der Waals surface area (Å²) in [6.45, 7) is 2.48. The third-order valence-electron chi connectivity index (χ3n) is 4.18. The van der Waals surface area contributed by atoms with Gasteiger partial charge in [0.05, 0.1) is 0 Å². The number of aliphatic hydroxyl groups is 1. The van der Waals surface area contributed by atoms with E-state index in [-0.39, 0.29) is 0 Å². The van der Waals surface area contributed by atoms with Crippen molar-refractivity contribution in [3.8, 4) is 0 Å². The maximum Gasteiger partial charge on any atom is 0.0445 e. The highest BCUT2D eigenvalue weighted by atomic mass is 16.3. The van der Waals surface area contributed by atoms with Gasteiger partial charge in [-0.25, -0.2) is 0 Å². The molecule has 0 saturated carbocycles. The molecule has 2 rings (SSSR count). The Kier molecular flexibility index (Phi) is 3.65. The largest absolute Gasteiger partial charge is 0.396 e. The Hall–Kier alpha value is -0.120. The first-order valence-corrected chi connectivity index (χ1v) is 6.29. The zero-order valence-electron chi connectivity index (χ0n) is 9.95. The predicted octanol–water partition coefficient (Wildman–Crippen LogP) is 0.972. The van der Waals surface area contributed by atoms with Gasteiger partial charge in [-0.15, -0.1) is 0 Å². The highest BCUT2D eigenvalue weighted by Gasteiger charge is 2.38. The van der Waals surface area contributed by atoms with Crippen molar-refractivity contribution in [1.82, 2.24) is 10.2 Å². The monoisotopic (exact) mass is 212 g/mol. The summed E-state index contributed by atoms with van der Waals surface area (Å²) >= 11 is 0. The molecule has 0 amide bonds. The maximum atomic E-state index is 8.88. The van der Waals surface area contributed by atoms with Gasteiger partial charge >= 0.3 is 0 Å². The predicted molar refractivity (Wildman–Crippen MR) is 61.9 cm³/mol. The van der Waals surface area contributed by atoms with Gasteiger partial charge < -0.3 is 15.3 Å². The topological polar surface area (TPSA) is 35.5 Å². The van der Waals surface area contributed by atoms with Gasteiger partial charge in [0.25, 0.3) is 0 Å². The van der Waals surface area contributed by atoms with Crippen LogP contribution in [0.15, 0.2) is 0 Å². The molecule has 0 aliphatic carbocycles. The van der Waals surface area contributed by atoms with Crippen LogP contribution in [0.2, 0.25) is 0 Å². The van der Waals surface area contributed by atoms with E-state index in [1.165, 1.54) is 25.7 Å². The van der Waals surface area contributed by atoms with E-state index in [4.69, 9.17) is 5.11 Å². The SMILES string of the molecule is CC(CCO)NC1CC2CCC(C1)N2C. The van der Waals surface area contributed by atoms with Crippen LogP contribution in [0.4, 0.5) is 0 Å². The summed E-state index contributed by atoms with van der Waals surface area (Å²) < 4.78 is 0. The van der Waals surface area contributed by atoms with Crippen molar-refractivity contribution in [1.29, 1.82) is 0 Å². The van der Waals surface area contributed by atoms with Crippen LogP contribution in [-0.4, -0.2) is 47.8 Å². The van der Waals surface area contributed by atoms with Crippen LogP contribution in [-0.2, 0) is 0 Å². The highest BCUT2D eigenvalue weighted by Crippen LogP contribution is 2.34. The number of fused-ring (bicyclic) bond motifs is 2. The number of nitrogens with one attached hydrogen (secondary N) is 1. The fraction of sp³-hybridized carbons (Fsp3) is 1.00. The van der Waals surface area contributed by atoms with Gasteiger partial charge in [-0.1, -0.05) is 0 Å². The fourth-order valence-corrected chi connectivity index (χ4v) is 3.23. The third-order valence-corrected chi connectivity index (χ3v) is 4.18. The van der Waals surface area contributed by atoms with Crippen molar-refractivity contribution in [2.45, 2.75) is 63.2 Å². The minimum absolute atomic E-state index is 0.299. The lowest BCUT2D eigenvalue weighted by Gasteiger charge is -2.37. The Bertz CT molecular complexity index is 196. The van der Waals surface area contributed by atoms with E-state index in [0.29, 0.717) is 18.7 Å². The van der Waals surface area contributed by atoms with Crippen LogP contribution < -0.4 is 5.32 Å². The van der Waals surface area contributed by atoms with E-state index in [1.54, 1.807) is 0 Å². The van der Waals surface area contributed by atoms with Gasteiger partial charge in [-0.3, -0.25) is 0 Å². The molecule has 2 aliphatic rings. The molecule has 0 aromatic heterocycles. The molecule has 2 N–H and O–H groups in total. The van der Waals surface area contributed by atoms with E-state index in [2.05, 4.69) is 24.2 Å². The van der Waals surface area contributed by atoms with E-state index in [1.807, 2.05) is 0 Å². The van der Waals surface area contributed by atoms with Crippen LogP contribution >= 0.6 is 0 Å². The number of rotatable bonds is 4. The second kappa shape index (κ2) is 4.81. The summed E-state index contributed by atoms with van der Waals surface area (Å²) in [5.41, 5.74) is 0. The molecule has 3 unspecified atom stereocenters. The standard InChI is InChI=1S/C12H24N2O/c1-9(5-6-15)13-10-7-11-3-4-12(8-10)14(11)2/h9-13,15H,3-8H2,1-2H3. The molecular formula is C12H24N2O. The smallest absolute Gasteiger partial charge is 0.0445 e. The van der Waals surface area contributed by atoms with Crippen molar-refractivity contribution in [2.24, 2.45) is 0 Å². The third kappa shape index (κ3) is 2.52. The summed E-state index contributed by atoms with van der Waals surface area (Å²) in [5.74, 6) is 0. The molecule has 88 valence electrons. The van der Waals surface area contributed by atoms with Gasteiger partial charge in [-0.05, 0) is 46.1 Å². The Morgan fingerprint density at radius 3 is 2.47 bits per heavy atom. The van der Waals surface area contributed by atoms with Crippen molar-refractivity contribution in [2.75, 3.05) is 13.7 Å². The molecule has 0 aromatic carbocycles. The Labute approximate surface area is 92.8 Å². The number of hydrogen-bond donors (Lipinski definition) is 2. The molecule has 2 saturated heterocycles. The van der Waals surface area contributed by atoms with Gasteiger partial charge in [0.1, 0.15) is 0 Å². The summed E-state index contributed by atoms with van der Waals surface area (Å²) in [7, 11) is 2.27. The number of aliphatic hydroxyl groups excluding tert-OH is 1. The first kappa shape index (κ1) is 11.4. The molecule has 15 heavy (non-hydrogen) atoms. The lowest BCUT2D eigenvalue weighted by Crippen LogP contribution is -2.49. The first-order valence-electron chi connectivity index (χ1n) is 6.29. The molecule has 2 fully saturated rings. The molecule has 2 aliphatic heterocycles. The van der Waals surface area contributed by atoms with Crippen molar-refractivity contribution < 1.29 is 5.11 Å². The molecule has 3 atom stereocenters. The quantitative estimate of drug-likeness (QED) is 0.729. The molecule has 0 radical (unpaired) electrons. The van der Waals surface area contributed by atoms with E-state index < -0.39 is 0 Å². The van der Waals surface area contributed by atoms with E-state index in [9.17, 15) is 0 Å². The summed E-state index contributed by atoms with van der Waals surface area (Å²) in [6, 6.07) is 2.76. The Morgan fingerprint density at radius 2 is 1.93 bits per heavy atom. The van der Waals surface area contributed by atoms with Gasteiger partial charge in [-0.2, -0.15) is 0 Å². The fourth-order valence-electron chi connectivity index (χ4n) is 3.23. The van der Waals surface area contributed by atoms with Crippen molar-refractivity contribution in [3.63, 3.8) is 0 Å². The normalized spacial score (nSPS) is 38.2.